The molecule has 0 radical (unpaired) electrons. The molecule has 1 saturated heterocycles. The van der Waals surface area contributed by atoms with Crippen LogP contribution in [0.5, 0.6) is 5.75 Å². The van der Waals surface area contributed by atoms with Crippen molar-refractivity contribution in [3.63, 3.8) is 0 Å². The zero-order chi connectivity index (χ0) is 13.5. The first-order valence-electron chi connectivity index (χ1n) is 6.70. The van der Waals surface area contributed by atoms with Crippen LogP contribution in [0.15, 0.2) is 30.3 Å². The lowest BCUT2D eigenvalue weighted by Crippen LogP contribution is -2.38. The lowest BCUT2D eigenvalue weighted by atomic mass is 9.93. The van der Waals surface area contributed by atoms with Crippen LogP contribution in [-0.2, 0) is 4.79 Å². The van der Waals surface area contributed by atoms with Gasteiger partial charge in [0.05, 0.1) is 0 Å². The molecule has 0 amide bonds. The molecule has 100 valence electrons. The van der Waals surface area contributed by atoms with Crippen molar-refractivity contribution in [3.05, 3.63) is 30.3 Å². The van der Waals surface area contributed by atoms with Gasteiger partial charge in [-0.3, -0.25) is 9.69 Å². The van der Waals surface area contributed by atoms with Crippen LogP contribution in [0.2, 0.25) is 0 Å². The van der Waals surface area contributed by atoms with Crippen LogP contribution < -0.4 is 4.74 Å². The van der Waals surface area contributed by atoms with Crippen LogP contribution >= 0.6 is 0 Å². The van der Waals surface area contributed by atoms with Crippen molar-refractivity contribution in [2.75, 3.05) is 26.2 Å². The fourth-order valence-electron chi connectivity index (χ4n) is 2.35. The summed E-state index contributed by atoms with van der Waals surface area (Å²) >= 11 is 0. The van der Waals surface area contributed by atoms with Crippen LogP contribution in [0.3, 0.4) is 0 Å². The Morgan fingerprint density at radius 1 is 1.32 bits per heavy atom. The van der Waals surface area contributed by atoms with Crippen molar-refractivity contribution in [1.29, 1.82) is 0 Å². The van der Waals surface area contributed by atoms with Crippen molar-refractivity contribution in [2.24, 2.45) is 5.92 Å². The number of nitrogens with zero attached hydrogens (tertiary/aromatic N) is 1. The number of piperidine rings is 1. The van der Waals surface area contributed by atoms with E-state index >= 15 is 0 Å². The lowest BCUT2D eigenvalue weighted by Gasteiger charge is -2.30. The summed E-state index contributed by atoms with van der Waals surface area (Å²) in [5.74, 6) is 3.16. The van der Waals surface area contributed by atoms with Gasteiger partial charge in [0.2, 0.25) is 5.78 Å². The molecule has 1 aromatic carbocycles. The smallest absolute Gasteiger partial charge is 0.208 e. The summed E-state index contributed by atoms with van der Waals surface area (Å²) in [7, 11) is 0. The molecule has 3 nitrogen and oxygen atoms in total. The first kappa shape index (κ1) is 13.6. The van der Waals surface area contributed by atoms with E-state index in [1.54, 1.807) is 0 Å². The van der Waals surface area contributed by atoms with Crippen molar-refractivity contribution in [2.45, 2.75) is 12.8 Å². The van der Waals surface area contributed by atoms with Crippen LogP contribution in [-0.4, -0.2) is 36.9 Å². The van der Waals surface area contributed by atoms with Crippen molar-refractivity contribution < 1.29 is 9.53 Å². The molecule has 0 spiro atoms. The maximum absolute atomic E-state index is 11.4. The Kier molecular flexibility index (Phi) is 5.00. The molecular formula is C16H19NO2. The Morgan fingerprint density at radius 2 is 2.00 bits per heavy atom. The number of rotatable bonds is 5. The number of benzene rings is 1. The van der Waals surface area contributed by atoms with Gasteiger partial charge in [-0.25, -0.2) is 0 Å². The molecule has 0 N–H and O–H groups in total. The molecule has 1 aromatic rings. The number of ketones is 1. The van der Waals surface area contributed by atoms with Gasteiger partial charge in [0.1, 0.15) is 12.4 Å². The van der Waals surface area contributed by atoms with E-state index in [4.69, 9.17) is 11.2 Å². The number of para-hydroxylation sites is 1. The first-order chi connectivity index (χ1) is 9.29. The molecule has 0 aromatic heterocycles. The monoisotopic (exact) mass is 257 g/mol. The zero-order valence-electron chi connectivity index (χ0n) is 11.0. The van der Waals surface area contributed by atoms with E-state index in [1.807, 2.05) is 30.3 Å². The van der Waals surface area contributed by atoms with E-state index in [2.05, 4.69) is 10.8 Å². The molecule has 1 aliphatic heterocycles. The van der Waals surface area contributed by atoms with Gasteiger partial charge in [-0.1, -0.05) is 18.2 Å². The highest BCUT2D eigenvalue weighted by Crippen LogP contribution is 2.17. The van der Waals surface area contributed by atoms with Crippen molar-refractivity contribution >= 4 is 5.78 Å². The zero-order valence-corrected chi connectivity index (χ0v) is 11.0. The highest BCUT2D eigenvalue weighted by molar-refractivity contribution is 5.96. The van der Waals surface area contributed by atoms with Crippen molar-refractivity contribution in [3.8, 4) is 18.1 Å². The number of likely N-dealkylation sites (tertiary alicyclic amines) is 1. The fraction of sp³-hybridized carbons (Fsp3) is 0.438. The van der Waals surface area contributed by atoms with Gasteiger partial charge in [-0.2, -0.15) is 0 Å². The molecule has 3 heteroatoms. The third kappa shape index (κ3) is 4.11. The molecule has 0 atom stereocenters. The largest absolute Gasteiger partial charge is 0.492 e. The van der Waals surface area contributed by atoms with Gasteiger partial charge in [0.15, 0.2) is 0 Å². The van der Waals surface area contributed by atoms with Crippen LogP contribution in [0.1, 0.15) is 12.8 Å². The maximum atomic E-state index is 11.4. The van der Waals surface area contributed by atoms with E-state index in [0.29, 0.717) is 6.61 Å². The molecule has 0 bridgehead atoms. The topological polar surface area (TPSA) is 29.5 Å². The molecule has 0 aliphatic carbocycles. The van der Waals surface area contributed by atoms with Crippen molar-refractivity contribution in [1.82, 2.24) is 4.90 Å². The van der Waals surface area contributed by atoms with E-state index in [1.165, 1.54) is 0 Å². The SMILES string of the molecule is C#CC(=O)C1CCN(CCOc2ccccc2)CC1. The van der Waals surface area contributed by atoms with E-state index in [-0.39, 0.29) is 11.7 Å². The second-order valence-corrected chi connectivity index (χ2v) is 4.79. The number of terminal acetylenes is 1. The summed E-state index contributed by atoms with van der Waals surface area (Å²) in [5, 5.41) is 0. The van der Waals surface area contributed by atoms with E-state index in [9.17, 15) is 4.79 Å². The van der Waals surface area contributed by atoms with E-state index in [0.717, 1.165) is 38.2 Å². The summed E-state index contributed by atoms with van der Waals surface area (Å²) < 4.78 is 5.66. The summed E-state index contributed by atoms with van der Waals surface area (Å²) in [6.07, 6.45) is 6.89. The Bertz CT molecular complexity index is 442. The molecule has 1 aliphatic rings. The van der Waals surface area contributed by atoms with Gasteiger partial charge in [-0.15, -0.1) is 6.42 Å². The Labute approximate surface area is 114 Å². The normalized spacial score (nSPS) is 16.8. The Balaban J connectivity index is 1.66. The second-order valence-electron chi connectivity index (χ2n) is 4.79. The third-order valence-electron chi connectivity index (χ3n) is 3.52. The number of Topliss-reactive ketones (excluding diaryl/α,β-unsaturated/α-hetero) is 1. The minimum absolute atomic E-state index is 0.0415. The number of carbonyl (C=O) groups excluding carboxylic acids is 1. The van der Waals surface area contributed by atoms with Crippen LogP contribution in [0.4, 0.5) is 0 Å². The predicted octanol–water partition coefficient (Wildman–Crippen LogP) is 1.98. The fourth-order valence-corrected chi connectivity index (χ4v) is 2.35. The highest BCUT2D eigenvalue weighted by atomic mass is 16.5. The summed E-state index contributed by atoms with van der Waals surface area (Å²) in [6.45, 7) is 3.43. The quantitative estimate of drug-likeness (QED) is 0.597. The Morgan fingerprint density at radius 3 is 2.63 bits per heavy atom. The number of hydrogen-bond acceptors (Lipinski definition) is 3. The summed E-state index contributed by atoms with van der Waals surface area (Å²) in [6, 6.07) is 9.81. The standard InChI is InChI=1S/C16H19NO2/c1-2-16(18)14-8-10-17(11-9-14)12-13-19-15-6-4-3-5-7-15/h1,3-7,14H,8-13H2. The summed E-state index contributed by atoms with van der Waals surface area (Å²) in [4.78, 5) is 13.7. The van der Waals surface area contributed by atoms with Gasteiger partial charge < -0.3 is 4.74 Å². The average molecular weight is 257 g/mol. The molecule has 0 unspecified atom stereocenters. The van der Waals surface area contributed by atoms with E-state index < -0.39 is 0 Å². The molecule has 1 fully saturated rings. The average Bonchev–Trinajstić information content (AvgIpc) is 2.48. The second kappa shape index (κ2) is 6.96. The molecule has 1 heterocycles. The van der Waals surface area contributed by atoms with Crippen LogP contribution in [0, 0.1) is 18.3 Å². The number of hydrogen-bond donors (Lipinski definition) is 0. The molecule has 0 saturated carbocycles. The third-order valence-corrected chi connectivity index (χ3v) is 3.52. The molecule has 2 rings (SSSR count). The highest BCUT2D eigenvalue weighted by Gasteiger charge is 2.23. The maximum Gasteiger partial charge on any atom is 0.208 e. The Hall–Kier alpha value is -1.79. The predicted molar refractivity (Wildman–Crippen MR) is 74.9 cm³/mol. The minimum Gasteiger partial charge on any atom is -0.492 e. The van der Waals surface area contributed by atoms with Gasteiger partial charge in [0, 0.05) is 12.5 Å². The summed E-state index contributed by atoms with van der Waals surface area (Å²) in [5.41, 5.74) is 0. The number of ether oxygens (including phenoxy) is 1. The van der Waals surface area contributed by atoms with Crippen LogP contribution in [0.25, 0.3) is 0 Å². The lowest BCUT2D eigenvalue weighted by molar-refractivity contribution is -0.118. The van der Waals surface area contributed by atoms with Gasteiger partial charge in [-0.05, 0) is 44.0 Å². The van der Waals surface area contributed by atoms with Gasteiger partial charge >= 0.3 is 0 Å². The number of carbonyl (C=O) groups is 1. The van der Waals surface area contributed by atoms with Gasteiger partial charge in [0.25, 0.3) is 0 Å². The minimum atomic E-state index is -0.0415. The molecular weight excluding hydrogens is 238 g/mol. The first-order valence-corrected chi connectivity index (χ1v) is 6.70. The molecule has 19 heavy (non-hydrogen) atoms.